The fourth-order valence-corrected chi connectivity index (χ4v) is 4.82. The average molecular weight is 489 g/mol. The van der Waals surface area contributed by atoms with Crippen molar-refractivity contribution in [3.8, 4) is 5.75 Å². The molecule has 0 saturated heterocycles. The summed E-state index contributed by atoms with van der Waals surface area (Å²) in [7, 11) is -3.55. The number of ether oxygens (including phenoxy) is 1. The van der Waals surface area contributed by atoms with Gasteiger partial charge in [0.05, 0.1) is 11.9 Å². The number of benzene rings is 2. The zero-order chi connectivity index (χ0) is 23.6. The average Bonchev–Trinajstić information content (AvgIpc) is 3.06. The van der Waals surface area contributed by atoms with Crippen LogP contribution in [-0.4, -0.2) is 42.8 Å². The van der Waals surface area contributed by atoms with Gasteiger partial charge in [-0.05, 0) is 36.2 Å². The topological polar surface area (TPSA) is 93.5 Å². The minimum absolute atomic E-state index is 0.118. The van der Waals surface area contributed by atoms with Crippen LogP contribution in [0.3, 0.4) is 0 Å². The minimum Gasteiger partial charge on any atom is -0.478 e. The number of carbonyl (C=O) groups is 1. The van der Waals surface area contributed by atoms with E-state index < -0.39 is 16.1 Å². The van der Waals surface area contributed by atoms with Crippen LogP contribution in [-0.2, 0) is 27.9 Å². The van der Waals surface area contributed by atoms with Crippen LogP contribution in [0.25, 0.3) is 0 Å². The molecule has 4 rings (SSSR count). The Hall–Kier alpha value is -3.04. The van der Waals surface area contributed by atoms with Gasteiger partial charge < -0.3 is 14.6 Å². The lowest BCUT2D eigenvalue weighted by Crippen LogP contribution is -2.39. The molecule has 0 bridgehead atoms. The molecule has 1 aliphatic rings. The summed E-state index contributed by atoms with van der Waals surface area (Å²) < 4.78 is 33.7. The van der Waals surface area contributed by atoms with Crippen molar-refractivity contribution in [2.24, 2.45) is 0 Å². The molecule has 1 atom stereocenters. The number of halogens is 1. The maximum Gasteiger partial charge on any atom is 0.261 e. The van der Waals surface area contributed by atoms with Crippen molar-refractivity contribution < 1.29 is 17.9 Å². The molecular weight excluding hydrogens is 464 g/mol. The first-order chi connectivity index (χ1) is 15.7. The molecule has 0 radical (unpaired) electrons. The van der Waals surface area contributed by atoms with Crippen LogP contribution in [0.1, 0.15) is 23.4 Å². The van der Waals surface area contributed by atoms with Gasteiger partial charge in [-0.15, -0.1) is 0 Å². The number of anilines is 1. The Balaban J connectivity index is 1.40. The second-order valence-electron chi connectivity index (χ2n) is 7.98. The van der Waals surface area contributed by atoms with E-state index in [-0.39, 0.29) is 18.9 Å². The van der Waals surface area contributed by atoms with Crippen LogP contribution in [0, 0.1) is 6.92 Å². The zero-order valence-corrected chi connectivity index (χ0v) is 19.9. The first-order valence-electron chi connectivity index (χ1n) is 10.5. The predicted octanol–water partition coefficient (Wildman–Crippen LogP) is 3.13. The molecule has 0 spiro atoms. The number of fused-ring (bicyclic) bond motifs is 1. The van der Waals surface area contributed by atoms with Crippen molar-refractivity contribution in [2.75, 3.05) is 17.1 Å². The minimum atomic E-state index is -3.55. The van der Waals surface area contributed by atoms with Gasteiger partial charge in [0.15, 0.2) is 6.10 Å². The second-order valence-corrected chi connectivity index (χ2v) is 10.3. The Morgan fingerprint density at radius 3 is 2.61 bits per heavy atom. The van der Waals surface area contributed by atoms with Gasteiger partial charge in [-0.1, -0.05) is 35.9 Å². The van der Waals surface area contributed by atoms with E-state index in [1.54, 1.807) is 18.3 Å². The highest BCUT2D eigenvalue weighted by atomic mass is 35.5. The molecule has 2 heterocycles. The van der Waals surface area contributed by atoms with Gasteiger partial charge in [0.2, 0.25) is 10.0 Å². The van der Waals surface area contributed by atoms with E-state index in [1.807, 2.05) is 37.4 Å². The molecule has 10 heteroatoms. The number of aryl methyl sites for hydroxylation is 1. The van der Waals surface area contributed by atoms with E-state index in [4.69, 9.17) is 16.3 Å². The normalized spacial score (nSPS) is 16.0. The Morgan fingerprint density at radius 1 is 1.21 bits per heavy atom. The molecule has 1 unspecified atom stereocenters. The fraction of sp³-hybridized carbons (Fsp3) is 0.304. The summed E-state index contributed by atoms with van der Waals surface area (Å²) >= 11 is 6.06. The van der Waals surface area contributed by atoms with Crippen LogP contribution >= 0.6 is 11.6 Å². The predicted molar refractivity (Wildman–Crippen MR) is 127 cm³/mol. The number of nitrogens with one attached hydrogen (secondary N) is 1. The van der Waals surface area contributed by atoms with Crippen molar-refractivity contribution in [1.82, 2.24) is 14.9 Å². The Labute approximate surface area is 198 Å². The standard InChI is InChI=1S/C23H25ClN4O4S/c1-16-25-10-12-27(16)15-18-5-3-17(4-6-18)14-26-23(29)22-9-11-28(33(2,30)31)20-13-19(24)7-8-21(20)32-22/h3-8,10,12-13,22H,9,11,14-15H2,1-2H3,(H,26,29). The summed E-state index contributed by atoms with van der Waals surface area (Å²) in [6.45, 7) is 3.15. The molecule has 33 heavy (non-hydrogen) atoms. The lowest BCUT2D eigenvalue weighted by molar-refractivity contribution is -0.128. The summed E-state index contributed by atoms with van der Waals surface area (Å²) in [5.41, 5.74) is 2.42. The molecule has 0 saturated carbocycles. The largest absolute Gasteiger partial charge is 0.478 e. The van der Waals surface area contributed by atoms with Crippen LogP contribution in [0.15, 0.2) is 54.9 Å². The molecule has 1 aromatic heterocycles. The van der Waals surface area contributed by atoms with E-state index in [0.717, 1.165) is 29.8 Å². The van der Waals surface area contributed by atoms with Gasteiger partial charge in [-0.2, -0.15) is 0 Å². The van der Waals surface area contributed by atoms with Gasteiger partial charge in [-0.3, -0.25) is 9.10 Å². The van der Waals surface area contributed by atoms with Gasteiger partial charge in [-0.25, -0.2) is 13.4 Å². The molecule has 2 aromatic carbocycles. The number of aromatic nitrogens is 2. The number of nitrogens with zero attached hydrogens (tertiary/aromatic N) is 3. The van der Waals surface area contributed by atoms with Crippen molar-refractivity contribution in [3.05, 3.63) is 76.8 Å². The summed E-state index contributed by atoms with van der Waals surface area (Å²) in [4.78, 5) is 17.1. The third-order valence-electron chi connectivity index (χ3n) is 5.51. The van der Waals surface area contributed by atoms with Crippen molar-refractivity contribution in [2.45, 2.75) is 32.5 Å². The van der Waals surface area contributed by atoms with Gasteiger partial charge in [0.1, 0.15) is 11.6 Å². The molecule has 0 fully saturated rings. The van der Waals surface area contributed by atoms with E-state index in [2.05, 4.69) is 14.9 Å². The zero-order valence-electron chi connectivity index (χ0n) is 18.4. The molecule has 174 valence electrons. The third-order valence-corrected chi connectivity index (χ3v) is 6.93. The number of hydrogen-bond acceptors (Lipinski definition) is 5. The van der Waals surface area contributed by atoms with Gasteiger partial charge >= 0.3 is 0 Å². The van der Waals surface area contributed by atoms with Crippen LogP contribution in [0.2, 0.25) is 5.02 Å². The van der Waals surface area contributed by atoms with Gasteiger partial charge in [0.25, 0.3) is 5.91 Å². The Kier molecular flexibility index (Phi) is 6.62. The second kappa shape index (κ2) is 9.44. The monoisotopic (exact) mass is 488 g/mol. The smallest absolute Gasteiger partial charge is 0.261 e. The first kappa shape index (κ1) is 23.1. The maximum atomic E-state index is 12.8. The molecule has 8 nitrogen and oxygen atoms in total. The highest BCUT2D eigenvalue weighted by Gasteiger charge is 2.31. The summed E-state index contributed by atoms with van der Waals surface area (Å²) in [5, 5.41) is 3.28. The molecule has 1 amide bonds. The van der Waals surface area contributed by atoms with Crippen LogP contribution in [0.4, 0.5) is 5.69 Å². The molecule has 3 aromatic rings. The number of carbonyl (C=O) groups excluding carboxylic acids is 1. The quantitative estimate of drug-likeness (QED) is 0.575. The number of hydrogen-bond donors (Lipinski definition) is 1. The summed E-state index contributed by atoms with van der Waals surface area (Å²) in [6, 6.07) is 12.7. The highest BCUT2D eigenvalue weighted by molar-refractivity contribution is 7.92. The fourth-order valence-electron chi connectivity index (χ4n) is 3.71. The lowest BCUT2D eigenvalue weighted by Gasteiger charge is -2.21. The third kappa shape index (κ3) is 5.48. The summed E-state index contributed by atoms with van der Waals surface area (Å²) in [6.07, 6.45) is 4.23. The molecule has 1 aliphatic heterocycles. The maximum absolute atomic E-state index is 12.8. The number of amides is 1. The molecule has 0 aliphatic carbocycles. The van der Waals surface area contributed by atoms with Crippen LogP contribution in [0.5, 0.6) is 5.75 Å². The van der Waals surface area contributed by atoms with E-state index in [9.17, 15) is 13.2 Å². The number of sulfonamides is 1. The Bertz CT molecular complexity index is 1260. The Morgan fingerprint density at radius 2 is 1.94 bits per heavy atom. The molecule has 1 N–H and O–H groups in total. The highest BCUT2D eigenvalue weighted by Crippen LogP contribution is 2.36. The van der Waals surface area contributed by atoms with Crippen molar-refractivity contribution in [3.63, 3.8) is 0 Å². The first-order valence-corrected chi connectivity index (χ1v) is 12.7. The number of rotatable bonds is 6. The van der Waals surface area contributed by atoms with Gasteiger partial charge in [0, 0.05) is 43.5 Å². The SMILES string of the molecule is Cc1nccn1Cc1ccc(CNC(=O)C2CCN(S(C)(=O)=O)c3cc(Cl)ccc3O2)cc1. The van der Waals surface area contributed by atoms with E-state index >= 15 is 0 Å². The van der Waals surface area contributed by atoms with Crippen molar-refractivity contribution >= 4 is 33.2 Å². The lowest BCUT2D eigenvalue weighted by atomic mass is 10.1. The van der Waals surface area contributed by atoms with E-state index in [1.165, 1.54) is 10.4 Å². The van der Waals surface area contributed by atoms with Crippen LogP contribution < -0.4 is 14.4 Å². The molecular formula is C23H25ClN4O4S. The van der Waals surface area contributed by atoms with E-state index in [0.29, 0.717) is 23.0 Å². The number of imidazole rings is 1. The van der Waals surface area contributed by atoms with Crippen molar-refractivity contribution in [1.29, 1.82) is 0 Å². The summed E-state index contributed by atoms with van der Waals surface area (Å²) in [5.74, 6) is 0.957.